The fraction of sp³-hybridized carbons (Fsp3) is 0.846. The smallest absolute Gasteiger partial charge is 0.337 e. The molecule has 0 aromatic carbocycles. The van der Waals surface area contributed by atoms with Gasteiger partial charge in [-0.3, -0.25) is 0 Å². The first-order valence-electron chi connectivity index (χ1n) is 6.49. The lowest BCUT2D eigenvalue weighted by Crippen LogP contribution is -2.45. The summed E-state index contributed by atoms with van der Waals surface area (Å²) in [6.07, 6.45) is -0.730. The van der Waals surface area contributed by atoms with Crippen LogP contribution in [-0.2, 0) is 19.1 Å². The first-order valence-corrected chi connectivity index (χ1v) is 6.49. The zero-order chi connectivity index (χ0) is 14.5. The van der Waals surface area contributed by atoms with E-state index in [-0.39, 0.29) is 26.0 Å². The van der Waals surface area contributed by atoms with E-state index in [1.807, 2.05) is 0 Å². The van der Waals surface area contributed by atoms with Crippen LogP contribution in [-0.4, -0.2) is 49.3 Å². The topological polar surface area (TPSA) is 64.6 Å². The molecule has 0 amide bonds. The SMILES string of the molecule is CC(C)(C)OC(=O)C(OCCC=O)[C@@H]1C[C@H](F)CN1. The Bertz CT molecular complexity index is 316. The van der Waals surface area contributed by atoms with Gasteiger partial charge in [-0.25, -0.2) is 9.18 Å². The van der Waals surface area contributed by atoms with Crippen LogP contribution in [0.3, 0.4) is 0 Å². The molecule has 0 saturated carbocycles. The summed E-state index contributed by atoms with van der Waals surface area (Å²) in [7, 11) is 0. The van der Waals surface area contributed by atoms with Crippen LogP contribution in [0, 0.1) is 0 Å². The molecular formula is C13H22FNO4. The number of rotatable bonds is 6. The Morgan fingerprint density at radius 2 is 2.21 bits per heavy atom. The highest BCUT2D eigenvalue weighted by atomic mass is 19.1. The zero-order valence-corrected chi connectivity index (χ0v) is 11.6. The predicted molar refractivity (Wildman–Crippen MR) is 67.6 cm³/mol. The lowest BCUT2D eigenvalue weighted by molar-refractivity contribution is -0.170. The third kappa shape index (κ3) is 5.65. The molecule has 110 valence electrons. The molecule has 1 aliphatic rings. The molecule has 6 heteroatoms. The van der Waals surface area contributed by atoms with Gasteiger partial charge in [-0.15, -0.1) is 0 Å². The molecule has 0 bridgehead atoms. The monoisotopic (exact) mass is 275 g/mol. The van der Waals surface area contributed by atoms with Crippen molar-refractivity contribution in [2.45, 2.75) is 57.5 Å². The number of esters is 1. The van der Waals surface area contributed by atoms with Crippen LogP contribution < -0.4 is 5.32 Å². The Balaban J connectivity index is 2.62. The predicted octanol–water partition coefficient (Wildman–Crippen LogP) is 1.00. The van der Waals surface area contributed by atoms with E-state index in [2.05, 4.69) is 5.32 Å². The molecule has 0 radical (unpaired) electrons. The minimum absolute atomic E-state index is 0.128. The second kappa shape index (κ2) is 6.96. The molecule has 0 spiro atoms. The summed E-state index contributed by atoms with van der Waals surface area (Å²) < 4.78 is 23.8. The first-order chi connectivity index (χ1) is 8.83. The van der Waals surface area contributed by atoms with Crippen LogP contribution in [0.1, 0.15) is 33.6 Å². The second-order valence-electron chi connectivity index (χ2n) is 5.63. The van der Waals surface area contributed by atoms with Crippen LogP contribution >= 0.6 is 0 Å². The van der Waals surface area contributed by atoms with Gasteiger partial charge in [0.1, 0.15) is 18.1 Å². The van der Waals surface area contributed by atoms with Crippen LogP contribution in [0.2, 0.25) is 0 Å². The van der Waals surface area contributed by atoms with Crippen molar-refractivity contribution >= 4 is 12.3 Å². The van der Waals surface area contributed by atoms with E-state index in [0.717, 1.165) is 0 Å². The number of hydrogen-bond donors (Lipinski definition) is 1. The molecule has 0 aliphatic carbocycles. The summed E-state index contributed by atoms with van der Waals surface area (Å²) in [4.78, 5) is 22.3. The molecule has 1 saturated heterocycles. The number of alkyl halides is 1. The van der Waals surface area contributed by atoms with Crippen LogP contribution in [0.5, 0.6) is 0 Å². The Morgan fingerprint density at radius 1 is 1.53 bits per heavy atom. The molecule has 5 nitrogen and oxygen atoms in total. The van der Waals surface area contributed by atoms with E-state index in [1.54, 1.807) is 20.8 Å². The minimum atomic E-state index is -0.982. The van der Waals surface area contributed by atoms with Crippen molar-refractivity contribution in [1.29, 1.82) is 0 Å². The van der Waals surface area contributed by atoms with E-state index in [9.17, 15) is 14.0 Å². The molecule has 0 aromatic rings. The van der Waals surface area contributed by atoms with Gasteiger partial charge in [0.2, 0.25) is 0 Å². The fourth-order valence-electron chi connectivity index (χ4n) is 1.90. The number of halogens is 1. The molecule has 19 heavy (non-hydrogen) atoms. The number of carbonyl (C=O) groups is 2. The summed E-state index contributed by atoms with van der Waals surface area (Å²) in [6, 6.07) is -0.406. The number of ether oxygens (including phenoxy) is 2. The summed E-state index contributed by atoms with van der Waals surface area (Å²) in [6.45, 7) is 5.61. The first kappa shape index (κ1) is 16.0. The van der Waals surface area contributed by atoms with Gasteiger partial charge in [0.05, 0.1) is 6.61 Å². The zero-order valence-electron chi connectivity index (χ0n) is 11.6. The fourth-order valence-corrected chi connectivity index (χ4v) is 1.90. The van der Waals surface area contributed by atoms with Crippen molar-refractivity contribution in [1.82, 2.24) is 5.32 Å². The molecule has 1 N–H and O–H groups in total. The number of carbonyl (C=O) groups excluding carboxylic acids is 2. The van der Waals surface area contributed by atoms with Crippen LogP contribution in [0.15, 0.2) is 0 Å². The quantitative estimate of drug-likeness (QED) is 0.445. The van der Waals surface area contributed by atoms with Gasteiger partial charge in [-0.05, 0) is 27.2 Å². The summed E-state index contributed by atoms with van der Waals surface area (Å²) in [5.41, 5.74) is -0.628. The maximum atomic E-state index is 13.2. The Kier molecular flexibility index (Phi) is 5.87. The Hall–Kier alpha value is -1.01. The van der Waals surface area contributed by atoms with Crippen molar-refractivity contribution in [3.8, 4) is 0 Å². The molecular weight excluding hydrogens is 253 g/mol. The van der Waals surface area contributed by atoms with Crippen molar-refractivity contribution in [2.75, 3.05) is 13.2 Å². The van der Waals surface area contributed by atoms with Gasteiger partial charge >= 0.3 is 5.97 Å². The summed E-state index contributed by atoms with van der Waals surface area (Å²) >= 11 is 0. The molecule has 1 rings (SSSR count). The maximum Gasteiger partial charge on any atom is 0.337 e. The van der Waals surface area contributed by atoms with E-state index in [1.165, 1.54) is 0 Å². The second-order valence-corrected chi connectivity index (χ2v) is 5.63. The average Bonchev–Trinajstić information content (AvgIpc) is 2.68. The van der Waals surface area contributed by atoms with Crippen molar-refractivity contribution in [2.24, 2.45) is 0 Å². The highest BCUT2D eigenvalue weighted by Gasteiger charge is 2.37. The molecule has 0 aromatic heterocycles. The van der Waals surface area contributed by atoms with E-state index >= 15 is 0 Å². The van der Waals surface area contributed by atoms with Gasteiger partial charge in [0, 0.05) is 19.0 Å². The van der Waals surface area contributed by atoms with E-state index in [0.29, 0.717) is 6.29 Å². The molecule has 1 heterocycles. The van der Waals surface area contributed by atoms with Gasteiger partial charge < -0.3 is 19.6 Å². The summed E-state index contributed by atoms with van der Waals surface area (Å²) in [5.74, 6) is -0.523. The average molecular weight is 275 g/mol. The molecule has 1 fully saturated rings. The third-order valence-electron chi connectivity index (χ3n) is 2.65. The van der Waals surface area contributed by atoms with E-state index in [4.69, 9.17) is 9.47 Å². The van der Waals surface area contributed by atoms with Crippen LogP contribution in [0.25, 0.3) is 0 Å². The standard InChI is InChI=1S/C13H22FNO4/c1-13(2,3)19-12(17)11(18-6-4-5-16)10-7-9(14)8-15-10/h5,9-11,15H,4,6-8H2,1-3H3/t9-,10-,11?/m0/s1. The largest absolute Gasteiger partial charge is 0.458 e. The highest BCUT2D eigenvalue weighted by molar-refractivity contribution is 5.76. The van der Waals surface area contributed by atoms with Gasteiger partial charge in [0.15, 0.2) is 6.10 Å². The molecule has 1 aliphatic heterocycles. The van der Waals surface area contributed by atoms with Crippen molar-refractivity contribution < 1.29 is 23.5 Å². The maximum absolute atomic E-state index is 13.2. The minimum Gasteiger partial charge on any atom is -0.458 e. The van der Waals surface area contributed by atoms with Gasteiger partial charge in [-0.2, -0.15) is 0 Å². The number of aldehydes is 1. The van der Waals surface area contributed by atoms with Gasteiger partial charge in [-0.1, -0.05) is 0 Å². The number of hydrogen-bond acceptors (Lipinski definition) is 5. The van der Waals surface area contributed by atoms with Crippen LogP contribution in [0.4, 0.5) is 4.39 Å². The molecule has 3 atom stereocenters. The van der Waals surface area contributed by atoms with E-state index < -0.39 is 29.9 Å². The normalized spacial score (nSPS) is 25.1. The molecule has 1 unspecified atom stereocenters. The van der Waals surface area contributed by atoms with Crippen molar-refractivity contribution in [3.05, 3.63) is 0 Å². The third-order valence-corrected chi connectivity index (χ3v) is 2.65. The highest BCUT2D eigenvalue weighted by Crippen LogP contribution is 2.19. The lowest BCUT2D eigenvalue weighted by Gasteiger charge is -2.27. The Morgan fingerprint density at radius 3 is 2.68 bits per heavy atom. The Labute approximate surface area is 112 Å². The lowest BCUT2D eigenvalue weighted by atomic mass is 10.1. The van der Waals surface area contributed by atoms with Crippen molar-refractivity contribution in [3.63, 3.8) is 0 Å². The number of nitrogens with one attached hydrogen (secondary N) is 1. The summed E-state index contributed by atoms with van der Waals surface area (Å²) in [5, 5.41) is 2.91. The van der Waals surface area contributed by atoms with Gasteiger partial charge in [0.25, 0.3) is 0 Å².